The Labute approximate surface area is 80.2 Å². The second kappa shape index (κ2) is 4.34. The average Bonchev–Trinajstić information content (AvgIpc) is 2.47. The van der Waals surface area contributed by atoms with Crippen LogP contribution in [0.15, 0.2) is 5.38 Å². The first-order chi connectivity index (χ1) is 6.09. The van der Waals surface area contributed by atoms with Gasteiger partial charge in [-0.05, 0) is 13.8 Å². The molecule has 5 heteroatoms. The lowest BCUT2D eigenvalue weighted by Crippen LogP contribution is -2.19. The summed E-state index contributed by atoms with van der Waals surface area (Å²) >= 11 is 1.53. The second-order valence-electron chi connectivity index (χ2n) is 2.65. The number of aryl methyl sites for hydroxylation is 1. The molecule has 1 rings (SSSR count). The van der Waals surface area contributed by atoms with Gasteiger partial charge in [0.15, 0.2) is 6.10 Å². The van der Waals surface area contributed by atoms with E-state index in [1.807, 2.05) is 12.3 Å². The Hall–Kier alpha value is -0.940. The van der Waals surface area contributed by atoms with Crippen molar-refractivity contribution in [1.82, 2.24) is 4.98 Å². The normalized spacial score (nSPS) is 12.8. The summed E-state index contributed by atoms with van der Waals surface area (Å²) in [4.78, 5) is 14.5. The summed E-state index contributed by atoms with van der Waals surface area (Å²) in [5.74, 6) is -0.952. The van der Waals surface area contributed by atoms with Crippen molar-refractivity contribution in [2.75, 3.05) is 0 Å². The number of nitrogens with zero attached hydrogens (tertiary/aromatic N) is 1. The second-order valence-corrected chi connectivity index (χ2v) is 3.71. The minimum absolute atomic E-state index is 0.262. The van der Waals surface area contributed by atoms with Gasteiger partial charge in [-0.2, -0.15) is 0 Å². The molecule has 1 N–H and O–H groups in total. The van der Waals surface area contributed by atoms with Gasteiger partial charge in [0.2, 0.25) is 0 Å². The number of thiazole rings is 1. The highest BCUT2D eigenvalue weighted by Crippen LogP contribution is 2.09. The van der Waals surface area contributed by atoms with Crippen LogP contribution in [-0.4, -0.2) is 22.2 Å². The first-order valence-corrected chi connectivity index (χ1v) is 4.73. The third-order valence-electron chi connectivity index (χ3n) is 1.50. The van der Waals surface area contributed by atoms with Crippen LogP contribution in [0.25, 0.3) is 0 Å². The highest BCUT2D eigenvalue weighted by molar-refractivity contribution is 7.09. The minimum atomic E-state index is -0.952. The van der Waals surface area contributed by atoms with Gasteiger partial charge in [-0.25, -0.2) is 9.78 Å². The molecule has 0 radical (unpaired) electrons. The SMILES string of the molecule is Cc1nc(COC(C)C(=O)O)cs1. The lowest BCUT2D eigenvalue weighted by atomic mass is 10.4. The number of hydrogen-bond acceptors (Lipinski definition) is 4. The van der Waals surface area contributed by atoms with Crippen LogP contribution in [0.3, 0.4) is 0 Å². The summed E-state index contributed by atoms with van der Waals surface area (Å²) < 4.78 is 5.05. The van der Waals surface area contributed by atoms with E-state index in [-0.39, 0.29) is 6.61 Å². The lowest BCUT2D eigenvalue weighted by Gasteiger charge is -2.05. The molecular weight excluding hydrogens is 190 g/mol. The van der Waals surface area contributed by atoms with Crippen LogP contribution in [0.5, 0.6) is 0 Å². The summed E-state index contributed by atoms with van der Waals surface area (Å²) in [7, 11) is 0. The fourth-order valence-electron chi connectivity index (χ4n) is 0.756. The lowest BCUT2D eigenvalue weighted by molar-refractivity contribution is -0.149. The number of ether oxygens (including phenoxy) is 1. The monoisotopic (exact) mass is 201 g/mol. The Bertz CT molecular complexity index is 297. The molecule has 1 aromatic heterocycles. The first-order valence-electron chi connectivity index (χ1n) is 3.85. The molecule has 4 nitrogen and oxygen atoms in total. The van der Waals surface area contributed by atoms with Gasteiger partial charge in [0.25, 0.3) is 0 Å². The molecule has 1 aromatic rings. The van der Waals surface area contributed by atoms with Crippen LogP contribution in [-0.2, 0) is 16.1 Å². The Kier molecular flexibility index (Phi) is 3.39. The average molecular weight is 201 g/mol. The topological polar surface area (TPSA) is 59.4 Å². The van der Waals surface area contributed by atoms with Crippen molar-refractivity contribution in [3.8, 4) is 0 Å². The molecule has 72 valence electrons. The number of hydrogen-bond donors (Lipinski definition) is 1. The zero-order chi connectivity index (χ0) is 9.84. The van der Waals surface area contributed by atoms with Crippen LogP contribution in [0.4, 0.5) is 0 Å². The van der Waals surface area contributed by atoms with E-state index in [2.05, 4.69) is 4.98 Å². The summed E-state index contributed by atoms with van der Waals surface area (Å²) in [6.07, 6.45) is -0.776. The number of carboxylic acid groups (broad SMARTS) is 1. The van der Waals surface area contributed by atoms with Crippen LogP contribution < -0.4 is 0 Å². The van der Waals surface area contributed by atoms with Gasteiger partial charge in [-0.15, -0.1) is 11.3 Å². The third-order valence-corrected chi connectivity index (χ3v) is 2.32. The molecule has 13 heavy (non-hydrogen) atoms. The summed E-state index contributed by atoms with van der Waals surface area (Å²) in [6, 6.07) is 0. The van der Waals surface area contributed by atoms with Gasteiger partial charge in [-0.3, -0.25) is 0 Å². The highest BCUT2D eigenvalue weighted by Gasteiger charge is 2.11. The molecule has 0 fully saturated rings. The molecule has 0 aliphatic carbocycles. The van der Waals surface area contributed by atoms with E-state index in [0.29, 0.717) is 0 Å². The molecule has 0 aliphatic heterocycles. The van der Waals surface area contributed by atoms with Crippen molar-refractivity contribution in [1.29, 1.82) is 0 Å². The highest BCUT2D eigenvalue weighted by atomic mass is 32.1. The molecule has 0 amide bonds. The van der Waals surface area contributed by atoms with Gasteiger partial charge in [0.05, 0.1) is 17.3 Å². The van der Waals surface area contributed by atoms with Crippen LogP contribution in [0.1, 0.15) is 17.6 Å². The molecule has 1 unspecified atom stereocenters. The van der Waals surface area contributed by atoms with E-state index in [9.17, 15) is 4.79 Å². The molecule has 0 bridgehead atoms. The van der Waals surface area contributed by atoms with E-state index < -0.39 is 12.1 Å². The zero-order valence-corrected chi connectivity index (χ0v) is 8.30. The fraction of sp³-hybridized carbons (Fsp3) is 0.500. The maximum atomic E-state index is 10.4. The Morgan fingerprint density at radius 2 is 2.54 bits per heavy atom. The molecular formula is C8H11NO3S. The molecule has 0 aromatic carbocycles. The largest absolute Gasteiger partial charge is 0.479 e. The zero-order valence-electron chi connectivity index (χ0n) is 7.48. The van der Waals surface area contributed by atoms with Gasteiger partial charge in [-0.1, -0.05) is 0 Å². The number of aliphatic carboxylic acids is 1. The summed E-state index contributed by atoms with van der Waals surface area (Å²) in [5.41, 5.74) is 0.788. The standard InChI is InChI=1S/C8H11NO3S/c1-5(8(10)11)12-3-7-4-13-6(2)9-7/h4-5H,3H2,1-2H3,(H,10,11). The number of rotatable bonds is 4. The van der Waals surface area contributed by atoms with E-state index in [1.165, 1.54) is 18.3 Å². The summed E-state index contributed by atoms with van der Waals surface area (Å²) in [5, 5.41) is 11.3. The van der Waals surface area contributed by atoms with Crippen molar-refractivity contribution in [2.45, 2.75) is 26.6 Å². The molecule has 0 aliphatic rings. The van der Waals surface area contributed by atoms with Gasteiger partial charge in [0.1, 0.15) is 0 Å². The van der Waals surface area contributed by atoms with E-state index in [4.69, 9.17) is 9.84 Å². The van der Waals surface area contributed by atoms with Crippen LogP contribution >= 0.6 is 11.3 Å². The Morgan fingerprint density at radius 3 is 3.00 bits per heavy atom. The Morgan fingerprint density at radius 1 is 1.85 bits per heavy atom. The molecule has 1 atom stereocenters. The van der Waals surface area contributed by atoms with Crippen molar-refractivity contribution < 1.29 is 14.6 Å². The number of carboxylic acids is 1. The van der Waals surface area contributed by atoms with Crippen molar-refractivity contribution >= 4 is 17.3 Å². The van der Waals surface area contributed by atoms with Crippen LogP contribution in [0.2, 0.25) is 0 Å². The van der Waals surface area contributed by atoms with Crippen molar-refractivity contribution in [2.24, 2.45) is 0 Å². The molecule has 0 saturated carbocycles. The van der Waals surface area contributed by atoms with E-state index in [0.717, 1.165) is 10.7 Å². The Balaban J connectivity index is 2.39. The van der Waals surface area contributed by atoms with Gasteiger partial charge >= 0.3 is 5.97 Å². The molecule has 0 saturated heterocycles. The fourth-order valence-corrected chi connectivity index (χ4v) is 1.35. The molecule has 0 spiro atoms. The maximum Gasteiger partial charge on any atom is 0.332 e. The smallest absolute Gasteiger partial charge is 0.332 e. The predicted molar refractivity (Wildman–Crippen MR) is 48.7 cm³/mol. The van der Waals surface area contributed by atoms with Gasteiger partial charge in [0, 0.05) is 5.38 Å². The van der Waals surface area contributed by atoms with Crippen molar-refractivity contribution in [3.05, 3.63) is 16.1 Å². The quantitative estimate of drug-likeness (QED) is 0.800. The van der Waals surface area contributed by atoms with Gasteiger partial charge < -0.3 is 9.84 Å². The number of aromatic nitrogens is 1. The first kappa shape index (κ1) is 10.1. The van der Waals surface area contributed by atoms with Crippen LogP contribution in [0, 0.1) is 6.92 Å². The number of carbonyl (C=O) groups is 1. The predicted octanol–water partition coefficient (Wildman–Crippen LogP) is 1.44. The molecule has 1 heterocycles. The maximum absolute atomic E-state index is 10.4. The van der Waals surface area contributed by atoms with E-state index in [1.54, 1.807) is 0 Å². The van der Waals surface area contributed by atoms with E-state index >= 15 is 0 Å². The third kappa shape index (κ3) is 3.12. The summed E-state index contributed by atoms with van der Waals surface area (Å²) in [6.45, 7) is 3.66. The van der Waals surface area contributed by atoms with Crippen molar-refractivity contribution in [3.63, 3.8) is 0 Å². The minimum Gasteiger partial charge on any atom is -0.479 e.